The van der Waals surface area contributed by atoms with Crippen molar-refractivity contribution in [2.45, 2.75) is 53.7 Å². The van der Waals surface area contributed by atoms with Gasteiger partial charge in [-0.25, -0.2) is 4.98 Å². The van der Waals surface area contributed by atoms with Crippen LogP contribution in [0, 0.1) is 27.7 Å². The Balaban J connectivity index is 1.28. The third-order valence-electron chi connectivity index (χ3n) is 11.1. The summed E-state index contributed by atoms with van der Waals surface area (Å²) >= 11 is 0. The normalized spacial score (nSPS) is 15.4. The minimum Gasteiger partial charge on any atom is -0.507 e. The van der Waals surface area contributed by atoms with E-state index in [4.69, 9.17) is 27.8 Å². The lowest BCUT2D eigenvalue weighted by Gasteiger charge is -2.19. The van der Waals surface area contributed by atoms with E-state index < -0.39 is 55.7 Å². The van der Waals surface area contributed by atoms with Crippen molar-refractivity contribution < 1.29 is 22.9 Å². The highest BCUT2D eigenvalue weighted by atomic mass is 16.3. The molecule has 0 saturated heterocycles. The maximum Gasteiger partial charge on any atom is 0.149 e. The molecular formula is C56H49N3O. The predicted molar refractivity (Wildman–Crippen MR) is 251 cm³/mol. The van der Waals surface area contributed by atoms with Crippen LogP contribution in [0.3, 0.4) is 0 Å². The van der Waals surface area contributed by atoms with Crippen molar-refractivity contribution in [2.24, 2.45) is 0 Å². The summed E-state index contributed by atoms with van der Waals surface area (Å²) < 4.78 is 112. The first kappa shape index (κ1) is 26.1. The van der Waals surface area contributed by atoms with Crippen LogP contribution >= 0.6 is 0 Å². The quantitative estimate of drug-likeness (QED) is 0.175. The maximum absolute atomic E-state index is 11.8. The monoisotopic (exact) mass is 792 g/mol. The van der Waals surface area contributed by atoms with E-state index in [1.54, 1.807) is 6.07 Å². The molecule has 0 bridgehead atoms. The van der Waals surface area contributed by atoms with Crippen molar-refractivity contribution in [3.8, 4) is 78.6 Å². The second-order valence-electron chi connectivity index (χ2n) is 15.3. The fourth-order valence-corrected chi connectivity index (χ4v) is 7.91. The summed E-state index contributed by atoms with van der Waals surface area (Å²) in [5.41, 5.74) is 7.70. The van der Waals surface area contributed by atoms with Crippen LogP contribution in [-0.2, 0) is 5.41 Å². The summed E-state index contributed by atoms with van der Waals surface area (Å²) in [6, 6.07) is 39.0. The number of pyridine rings is 1. The third-order valence-corrected chi connectivity index (χ3v) is 11.1. The van der Waals surface area contributed by atoms with Crippen LogP contribution in [0.5, 0.6) is 5.75 Å². The topological polar surface area (TPSA) is 50.9 Å². The highest BCUT2D eigenvalue weighted by Gasteiger charge is 2.23. The van der Waals surface area contributed by atoms with Crippen LogP contribution in [0.1, 0.15) is 66.2 Å². The first-order valence-electron chi connectivity index (χ1n) is 26.1. The van der Waals surface area contributed by atoms with Crippen molar-refractivity contribution in [1.82, 2.24) is 14.5 Å². The number of aromatic hydroxyl groups is 1. The van der Waals surface area contributed by atoms with Gasteiger partial charge in [0.15, 0.2) is 0 Å². The molecule has 0 amide bonds. The van der Waals surface area contributed by atoms with Gasteiger partial charge >= 0.3 is 0 Å². The summed E-state index contributed by atoms with van der Waals surface area (Å²) in [4.78, 5) is 10.1. The van der Waals surface area contributed by atoms with Gasteiger partial charge in [-0.2, -0.15) is 0 Å². The number of para-hydroxylation sites is 1. The Morgan fingerprint density at radius 3 is 2.00 bits per heavy atom. The van der Waals surface area contributed by atoms with Gasteiger partial charge in [-0.05, 0) is 154 Å². The molecule has 4 heteroatoms. The minimum atomic E-state index is -3.81. The molecule has 0 aliphatic carbocycles. The number of nitrogens with zero attached hydrogens (tertiary/aromatic N) is 3. The number of phenols is 1. The molecule has 0 aliphatic rings. The standard InChI is InChI=1S/C56H49N3O/c1-35-27-37(3)54(60)50(28-35)55-58-53-48(19-14-20-52(53)59(55)47-29-36(2)38(4)49(34-47)41-17-12-9-13-18-41)44-30-43(39-15-10-8-11-16-39)31-45(32-44)51-33-42(25-26-57-51)40-21-23-46(24-22-40)56(5,6)7/h8-34,60H,1-7H3/i5D3,6D3,7D3,21D,22D,23D,24D. The van der Waals surface area contributed by atoms with Crippen molar-refractivity contribution in [2.75, 3.05) is 0 Å². The van der Waals surface area contributed by atoms with Gasteiger partial charge in [0, 0.05) is 35.3 Å². The molecule has 0 radical (unpaired) electrons. The zero-order chi connectivity index (χ0) is 52.7. The highest BCUT2D eigenvalue weighted by molar-refractivity contribution is 5.98. The van der Waals surface area contributed by atoms with Gasteiger partial charge < -0.3 is 5.11 Å². The smallest absolute Gasteiger partial charge is 0.149 e. The Bertz CT molecular complexity index is 3570. The van der Waals surface area contributed by atoms with Gasteiger partial charge in [0.1, 0.15) is 11.6 Å². The molecule has 2 aromatic heterocycles. The molecule has 9 rings (SSSR count). The van der Waals surface area contributed by atoms with Gasteiger partial charge in [0.2, 0.25) is 0 Å². The fraction of sp³-hybridized carbons (Fsp3) is 0.143. The predicted octanol–water partition coefficient (Wildman–Crippen LogP) is 14.7. The zero-order valence-corrected chi connectivity index (χ0v) is 33.6. The second kappa shape index (κ2) is 15.3. The van der Waals surface area contributed by atoms with E-state index in [0.29, 0.717) is 33.7 Å². The van der Waals surface area contributed by atoms with E-state index in [9.17, 15) is 5.11 Å². The van der Waals surface area contributed by atoms with Crippen LogP contribution in [0.15, 0.2) is 164 Å². The summed E-state index contributed by atoms with van der Waals surface area (Å²) in [6.07, 6.45) is 1.43. The number of hydrogen-bond donors (Lipinski definition) is 1. The number of fused-ring (bicyclic) bond motifs is 1. The molecule has 2 heterocycles. The van der Waals surface area contributed by atoms with Crippen LogP contribution in [0.2, 0.25) is 0 Å². The number of rotatable bonds is 7. The van der Waals surface area contributed by atoms with Crippen LogP contribution in [-0.4, -0.2) is 19.6 Å². The lowest BCUT2D eigenvalue weighted by molar-refractivity contribution is 0.472. The van der Waals surface area contributed by atoms with Gasteiger partial charge in [0.25, 0.3) is 0 Å². The Morgan fingerprint density at radius 2 is 1.27 bits per heavy atom. The van der Waals surface area contributed by atoms with Gasteiger partial charge in [0.05, 0.1) is 27.8 Å². The molecule has 0 aliphatic heterocycles. The molecule has 60 heavy (non-hydrogen) atoms. The van der Waals surface area contributed by atoms with E-state index in [2.05, 4.69) is 42.7 Å². The Hall–Kier alpha value is -7.04. The number of hydrogen-bond acceptors (Lipinski definition) is 3. The fourth-order valence-electron chi connectivity index (χ4n) is 7.91. The van der Waals surface area contributed by atoms with Crippen LogP contribution in [0.4, 0.5) is 0 Å². The van der Waals surface area contributed by atoms with Crippen LogP contribution in [0.25, 0.3) is 83.9 Å². The van der Waals surface area contributed by atoms with E-state index in [0.717, 1.165) is 61.3 Å². The van der Waals surface area contributed by atoms with E-state index in [1.807, 2.05) is 111 Å². The molecule has 0 fully saturated rings. The minimum absolute atomic E-state index is 0.109. The highest BCUT2D eigenvalue weighted by Crippen LogP contribution is 2.42. The zero-order valence-electron chi connectivity index (χ0n) is 46.6. The number of aryl methyl sites for hydroxylation is 3. The van der Waals surface area contributed by atoms with Crippen LogP contribution < -0.4 is 0 Å². The number of benzene rings is 7. The first-order chi connectivity index (χ1) is 34.3. The summed E-state index contributed by atoms with van der Waals surface area (Å²) in [6.45, 7) is -3.40. The third kappa shape index (κ3) is 7.20. The molecular weight excluding hydrogens is 731 g/mol. The number of imidazole rings is 1. The molecule has 1 N–H and O–H groups in total. The molecule has 294 valence electrons. The van der Waals surface area contributed by atoms with Crippen molar-refractivity contribution in [3.05, 3.63) is 192 Å². The molecule has 0 atom stereocenters. The second-order valence-corrected chi connectivity index (χ2v) is 15.3. The molecule has 4 nitrogen and oxygen atoms in total. The molecule has 9 aromatic rings. The maximum atomic E-state index is 11.8. The van der Waals surface area contributed by atoms with E-state index in [-0.39, 0.29) is 16.9 Å². The summed E-state index contributed by atoms with van der Waals surface area (Å²) in [5.74, 6) is 0.639. The molecule has 0 unspecified atom stereocenters. The molecule has 0 saturated carbocycles. The Labute approximate surface area is 371 Å². The van der Waals surface area contributed by atoms with Gasteiger partial charge in [-0.3, -0.25) is 9.55 Å². The summed E-state index contributed by atoms with van der Waals surface area (Å²) in [5, 5.41) is 11.8. The van der Waals surface area contributed by atoms with Crippen molar-refractivity contribution >= 4 is 11.0 Å². The lowest BCUT2D eigenvalue weighted by atomic mass is 9.86. The van der Waals surface area contributed by atoms with Crippen molar-refractivity contribution in [3.63, 3.8) is 0 Å². The SMILES string of the molecule is [2H]c1c([2H])c(C(C([2H])([2H])[2H])(C([2H])([2H])[2H])C([2H])([2H])[2H])c([2H])c([2H])c1-c1ccnc(-c2cc(-c3ccccc3)cc(-c3cccc4c3nc(-c3cc(C)cc(C)c3O)n4-c3cc(C)c(C)c(-c4ccccc4)c3)c2)c1. The van der Waals surface area contributed by atoms with E-state index in [1.165, 1.54) is 12.3 Å². The van der Waals surface area contributed by atoms with Gasteiger partial charge in [-0.1, -0.05) is 124 Å². The Kier molecular flexibility index (Phi) is 6.66. The number of phenolic OH excluding ortho intramolecular Hbond substituents is 1. The first-order valence-corrected chi connectivity index (χ1v) is 19.6. The lowest BCUT2D eigenvalue weighted by Crippen LogP contribution is -2.10. The van der Waals surface area contributed by atoms with E-state index >= 15 is 0 Å². The largest absolute Gasteiger partial charge is 0.507 e. The average Bonchev–Trinajstić information content (AvgIpc) is 3.73. The Morgan fingerprint density at radius 1 is 0.567 bits per heavy atom. The van der Waals surface area contributed by atoms with Crippen molar-refractivity contribution in [1.29, 1.82) is 0 Å². The summed E-state index contributed by atoms with van der Waals surface area (Å²) in [7, 11) is 0. The molecule has 7 aromatic carbocycles. The van der Waals surface area contributed by atoms with Gasteiger partial charge in [-0.15, -0.1) is 0 Å². The average molecular weight is 793 g/mol. The number of aromatic nitrogens is 3. The molecule has 0 spiro atoms.